The number of piperazine rings is 1. The van der Waals surface area contributed by atoms with E-state index in [0.29, 0.717) is 50.4 Å². The Morgan fingerprint density at radius 2 is 1.50 bits per heavy atom. The zero-order chi connectivity index (χ0) is 23.9. The van der Waals surface area contributed by atoms with Crippen molar-refractivity contribution in [3.05, 3.63) is 76.6 Å². The second-order valence-corrected chi connectivity index (χ2v) is 8.41. The summed E-state index contributed by atoms with van der Waals surface area (Å²) < 4.78 is 9.30. The van der Waals surface area contributed by atoms with E-state index in [0.717, 1.165) is 18.5 Å². The number of carbonyl (C=O) groups excluding carboxylic acids is 1. The van der Waals surface area contributed by atoms with Crippen molar-refractivity contribution in [1.82, 2.24) is 19.2 Å². The third-order valence-electron chi connectivity index (χ3n) is 6.11. The van der Waals surface area contributed by atoms with E-state index in [9.17, 15) is 9.59 Å². The summed E-state index contributed by atoms with van der Waals surface area (Å²) >= 11 is 0. The van der Waals surface area contributed by atoms with Gasteiger partial charge in [-0.1, -0.05) is 49.7 Å². The highest BCUT2D eigenvalue weighted by Gasteiger charge is 2.28. The zero-order valence-corrected chi connectivity index (χ0v) is 19.6. The summed E-state index contributed by atoms with van der Waals surface area (Å²) in [6.07, 6.45) is 1.79. The van der Waals surface area contributed by atoms with Gasteiger partial charge in [-0.3, -0.25) is 9.69 Å². The Balaban J connectivity index is 1.76. The molecule has 0 unspecified atom stereocenters. The second kappa shape index (κ2) is 11.2. The van der Waals surface area contributed by atoms with Gasteiger partial charge in [0.25, 0.3) is 5.56 Å². The Labute approximate surface area is 199 Å². The topological polar surface area (TPSA) is 79.9 Å². The molecule has 2 heterocycles. The molecule has 0 aliphatic carbocycles. The number of nitrogens with zero attached hydrogens (tertiary/aromatic N) is 4. The van der Waals surface area contributed by atoms with E-state index in [-0.39, 0.29) is 18.0 Å². The molecular formula is C26H32N4O4. The van der Waals surface area contributed by atoms with Crippen molar-refractivity contribution in [3.8, 4) is 17.3 Å². The minimum absolute atomic E-state index is 0.0988. The lowest BCUT2D eigenvalue weighted by Gasteiger charge is -2.33. The molecule has 0 radical (unpaired) electrons. The molecule has 8 heteroatoms. The first-order chi connectivity index (χ1) is 16.6. The second-order valence-electron chi connectivity index (χ2n) is 8.41. The van der Waals surface area contributed by atoms with Crippen molar-refractivity contribution < 1.29 is 14.6 Å². The highest BCUT2D eigenvalue weighted by molar-refractivity contribution is 5.71. The van der Waals surface area contributed by atoms with Crippen LogP contribution in [-0.2, 0) is 6.42 Å². The normalized spacial score (nSPS) is 14.4. The Kier molecular flexibility index (Phi) is 7.82. The van der Waals surface area contributed by atoms with Crippen molar-refractivity contribution in [2.24, 2.45) is 0 Å². The molecule has 1 aliphatic heterocycles. The van der Waals surface area contributed by atoms with E-state index >= 15 is 0 Å². The van der Waals surface area contributed by atoms with E-state index in [2.05, 4.69) is 11.8 Å². The van der Waals surface area contributed by atoms with E-state index in [1.54, 1.807) is 14.3 Å². The van der Waals surface area contributed by atoms with E-state index in [4.69, 9.17) is 9.84 Å². The number of aliphatic hydroxyl groups excluding tert-OH is 1. The number of carbonyl (C=O) groups is 1. The number of aromatic nitrogens is 2. The smallest absolute Gasteiger partial charge is 0.395 e. The predicted octanol–water partition coefficient (Wildman–Crippen LogP) is 3.08. The highest BCUT2D eigenvalue weighted by Crippen LogP contribution is 2.26. The van der Waals surface area contributed by atoms with Crippen LogP contribution in [0.1, 0.15) is 25.3 Å². The molecule has 2 aromatic carbocycles. The van der Waals surface area contributed by atoms with Crippen molar-refractivity contribution in [3.63, 3.8) is 0 Å². The van der Waals surface area contributed by atoms with Crippen LogP contribution in [0.2, 0.25) is 0 Å². The fourth-order valence-corrected chi connectivity index (χ4v) is 4.25. The van der Waals surface area contributed by atoms with E-state index < -0.39 is 6.09 Å². The molecule has 1 fully saturated rings. The number of benzene rings is 2. The molecule has 1 N–H and O–H groups in total. The van der Waals surface area contributed by atoms with Crippen LogP contribution in [0.15, 0.2) is 65.5 Å². The maximum absolute atomic E-state index is 13.7. The maximum atomic E-state index is 13.7. The number of ether oxygens (including phenoxy) is 1. The van der Waals surface area contributed by atoms with Gasteiger partial charge in [0, 0.05) is 32.7 Å². The Morgan fingerprint density at radius 1 is 0.912 bits per heavy atom. The molecule has 34 heavy (non-hydrogen) atoms. The average molecular weight is 465 g/mol. The predicted molar refractivity (Wildman–Crippen MR) is 131 cm³/mol. The number of rotatable bonds is 8. The lowest BCUT2D eigenvalue weighted by molar-refractivity contribution is 0.0988. The maximum Gasteiger partial charge on any atom is 0.416 e. The van der Waals surface area contributed by atoms with Crippen molar-refractivity contribution in [2.45, 2.75) is 26.2 Å². The van der Waals surface area contributed by atoms with Crippen LogP contribution < -0.4 is 10.3 Å². The van der Waals surface area contributed by atoms with Crippen LogP contribution in [0.3, 0.4) is 0 Å². The van der Waals surface area contributed by atoms with Crippen molar-refractivity contribution in [2.75, 3.05) is 39.3 Å². The number of β-amino-alcohol motifs (C(OH)–C–C–N with tert-alkyl or cyclic N) is 1. The first-order valence-corrected chi connectivity index (χ1v) is 11.9. The number of para-hydroxylation sites is 2. The molecule has 1 aromatic heterocycles. The number of hydrogen-bond donors (Lipinski definition) is 1. The molecular weight excluding hydrogens is 432 g/mol. The van der Waals surface area contributed by atoms with Gasteiger partial charge in [0.1, 0.15) is 0 Å². The number of hydrogen-bond acceptors (Lipinski definition) is 5. The molecule has 1 amide bonds. The highest BCUT2D eigenvalue weighted by atomic mass is 16.6. The number of aliphatic hydroxyl groups is 1. The SMILES string of the molecule is CCCCc1c(OC(=O)N2CCN(CCO)CC2)n(-c2ccccc2)n(-c2ccccc2)c1=O. The van der Waals surface area contributed by atoms with Gasteiger partial charge in [-0.15, -0.1) is 0 Å². The largest absolute Gasteiger partial charge is 0.416 e. The minimum atomic E-state index is -0.462. The molecule has 4 rings (SSSR count). The van der Waals surface area contributed by atoms with Gasteiger partial charge >= 0.3 is 6.09 Å². The first kappa shape index (κ1) is 23.8. The van der Waals surface area contributed by atoms with Crippen molar-refractivity contribution >= 4 is 6.09 Å². The monoisotopic (exact) mass is 464 g/mol. The van der Waals surface area contributed by atoms with Crippen LogP contribution in [0.25, 0.3) is 11.4 Å². The van der Waals surface area contributed by atoms with E-state index in [1.807, 2.05) is 60.7 Å². The summed E-state index contributed by atoms with van der Waals surface area (Å²) in [5.41, 5.74) is 1.76. The van der Waals surface area contributed by atoms with Crippen LogP contribution in [-0.4, -0.2) is 69.7 Å². The number of amides is 1. The fourth-order valence-electron chi connectivity index (χ4n) is 4.25. The molecule has 8 nitrogen and oxygen atoms in total. The zero-order valence-electron chi connectivity index (χ0n) is 19.6. The lowest BCUT2D eigenvalue weighted by atomic mass is 10.1. The van der Waals surface area contributed by atoms with Gasteiger partial charge < -0.3 is 14.7 Å². The molecule has 3 aromatic rings. The Bertz CT molecular complexity index is 1130. The van der Waals surface area contributed by atoms with Crippen LogP contribution >= 0.6 is 0 Å². The molecule has 0 bridgehead atoms. The van der Waals surface area contributed by atoms with Crippen LogP contribution in [0.4, 0.5) is 4.79 Å². The molecule has 1 aliphatic rings. The summed E-state index contributed by atoms with van der Waals surface area (Å²) in [7, 11) is 0. The molecule has 1 saturated heterocycles. The molecule has 0 saturated carbocycles. The molecule has 180 valence electrons. The molecule has 0 spiro atoms. The standard InChI is InChI=1S/C26H32N4O4/c1-2-3-14-23-24(32)29(21-10-6-4-7-11-21)30(22-12-8-5-9-13-22)25(23)34-26(33)28-17-15-27(16-18-28)19-20-31/h4-13,31H,2-3,14-20H2,1H3. The summed E-state index contributed by atoms with van der Waals surface area (Å²) in [5.74, 6) is 0.274. The summed E-state index contributed by atoms with van der Waals surface area (Å²) in [5, 5.41) is 9.17. The summed E-state index contributed by atoms with van der Waals surface area (Å²) in [6, 6.07) is 18.9. The quantitative estimate of drug-likeness (QED) is 0.554. The van der Waals surface area contributed by atoms with Gasteiger partial charge in [-0.2, -0.15) is 0 Å². The molecule has 0 atom stereocenters. The van der Waals surface area contributed by atoms with Crippen molar-refractivity contribution in [1.29, 1.82) is 0 Å². The van der Waals surface area contributed by atoms with Gasteiger partial charge in [0.2, 0.25) is 5.88 Å². The Morgan fingerprint density at radius 3 is 2.06 bits per heavy atom. The summed E-state index contributed by atoms with van der Waals surface area (Å²) in [4.78, 5) is 30.7. The van der Waals surface area contributed by atoms with Gasteiger partial charge in [-0.05, 0) is 37.1 Å². The van der Waals surface area contributed by atoms with Gasteiger partial charge in [0.05, 0.1) is 23.5 Å². The Hall–Kier alpha value is -3.36. The first-order valence-electron chi connectivity index (χ1n) is 11.9. The summed E-state index contributed by atoms with van der Waals surface area (Å²) in [6.45, 7) is 5.14. The van der Waals surface area contributed by atoms with Gasteiger partial charge in [0.15, 0.2) is 0 Å². The van der Waals surface area contributed by atoms with Crippen LogP contribution in [0.5, 0.6) is 5.88 Å². The van der Waals surface area contributed by atoms with Crippen LogP contribution in [0, 0.1) is 0 Å². The number of unbranched alkanes of at least 4 members (excludes halogenated alkanes) is 1. The average Bonchev–Trinajstić information content (AvgIpc) is 3.15. The third kappa shape index (κ3) is 5.08. The lowest BCUT2D eigenvalue weighted by Crippen LogP contribution is -2.50. The fraction of sp³-hybridized carbons (Fsp3) is 0.385. The van der Waals surface area contributed by atoms with Gasteiger partial charge in [-0.25, -0.2) is 14.2 Å². The third-order valence-corrected chi connectivity index (χ3v) is 6.11. The van der Waals surface area contributed by atoms with E-state index in [1.165, 1.54) is 0 Å². The minimum Gasteiger partial charge on any atom is -0.395 e.